The Bertz CT molecular complexity index is 484. The molecule has 1 aromatic rings. The van der Waals surface area contributed by atoms with Crippen molar-refractivity contribution in [2.75, 3.05) is 19.6 Å². The van der Waals surface area contributed by atoms with Gasteiger partial charge in [0.15, 0.2) is 0 Å². The van der Waals surface area contributed by atoms with E-state index in [1.165, 1.54) is 12.8 Å². The molecule has 1 aliphatic heterocycles. The summed E-state index contributed by atoms with van der Waals surface area (Å²) in [5.41, 5.74) is 1.69. The standard InChI is InChI=1S/C17H25ClN2O/c1-3-10-20(12-14-6-4-5-9-19-14)17(21)15-8-7-13(2)11-16(15)18/h7-8,11,14,19H,3-6,9-10,12H2,1-2H3. The summed E-state index contributed by atoms with van der Waals surface area (Å²) in [5.74, 6) is 0.0502. The first kappa shape index (κ1) is 16.3. The highest BCUT2D eigenvalue weighted by Gasteiger charge is 2.22. The molecule has 0 spiro atoms. The summed E-state index contributed by atoms with van der Waals surface area (Å²) < 4.78 is 0. The predicted octanol–water partition coefficient (Wildman–Crippen LogP) is 3.64. The summed E-state index contributed by atoms with van der Waals surface area (Å²) in [7, 11) is 0. The van der Waals surface area contributed by atoms with Gasteiger partial charge in [0.1, 0.15) is 0 Å². The van der Waals surface area contributed by atoms with E-state index in [0.717, 1.165) is 38.0 Å². The van der Waals surface area contributed by atoms with Crippen molar-refractivity contribution in [1.82, 2.24) is 10.2 Å². The molecular formula is C17H25ClN2O. The van der Waals surface area contributed by atoms with Gasteiger partial charge in [-0.15, -0.1) is 0 Å². The second-order valence-electron chi connectivity index (χ2n) is 5.88. The van der Waals surface area contributed by atoms with Gasteiger partial charge in [-0.1, -0.05) is 31.0 Å². The predicted molar refractivity (Wildman–Crippen MR) is 88.0 cm³/mol. The Kier molecular flexibility index (Phi) is 6.07. The first-order chi connectivity index (χ1) is 10.1. The number of carbonyl (C=O) groups is 1. The second kappa shape index (κ2) is 7.81. The molecule has 1 unspecified atom stereocenters. The van der Waals surface area contributed by atoms with Crippen LogP contribution in [-0.4, -0.2) is 36.5 Å². The first-order valence-electron chi connectivity index (χ1n) is 7.90. The third-order valence-electron chi connectivity index (χ3n) is 3.99. The van der Waals surface area contributed by atoms with Crippen LogP contribution in [0, 0.1) is 6.92 Å². The molecule has 1 heterocycles. The van der Waals surface area contributed by atoms with Crippen LogP contribution < -0.4 is 5.32 Å². The number of nitrogens with one attached hydrogen (secondary N) is 1. The van der Waals surface area contributed by atoms with Crippen LogP contribution in [0.1, 0.15) is 48.5 Å². The highest BCUT2D eigenvalue weighted by Crippen LogP contribution is 2.20. The Labute approximate surface area is 132 Å². The molecule has 3 nitrogen and oxygen atoms in total. The number of benzene rings is 1. The molecule has 0 aromatic heterocycles. The molecule has 1 amide bonds. The number of hydrogen-bond donors (Lipinski definition) is 1. The number of nitrogens with zero attached hydrogens (tertiary/aromatic N) is 1. The summed E-state index contributed by atoms with van der Waals surface area (Å²) >= 11 is 6.25. The van der Waals surface area contributed by atoms with Crippen molar-refractivity contribution in [2.45, 2.75) is 45.6 Å². The van der Waals surface area contributed by atoms with Crippen molar-refractivity contribution in [3.05, 3.63) is 34.3 Å². The number of rotatable bonds is 5. The lowest BCUT2D eigenvalue weighted by molar-refractivity contribution is 0.0732. The molecule has 4 heteroatoms. The maximum Gasteiger partial charge on any atom is 0.255 e. The minimum Gasteiger partial charge on any atom is -0.337 e. The average Bonchev–Trinajstić information content (AvgIpc) is 2.47. The van der Waals surface area contributed by atoms with E-state index in [1.54, 1.807) is 0 Å². The van der Waals surface area contributed by atoms with Gasteiger partial charge in [0.05, 0.1) is 10.6 Å². The molecule has 1 aliphatic rings. The molecule has 1 N–H and O–H groups in total. The maximum atomic E-state index is 12.8. The molecule has 116 valence electrons. The van der Waals surface area contributed by atoms with Gasteiger partial charge >= 0.3 is 0 Å². The van der Waals surface area contributed by atoms with Crippen molar-refractivity contribution in [3.8, 4) is 0 Å². The van der Waals surface area contributed by atoms with Gasteiger partial charge in [-0.05, 0) is 50.4 Å². The Morgan fingerprint density at radius 2 is 2.24 bits per heavy atom. The van der Waals surface area contributed by atoms with Crippen molar-refractivity contribution in [1.29, 1.82) is 0 Å². The van der Waals surface area contributed by atoms with E-state index in [9.17, 15) is 4.79 Å². The molecule has 1 aromatic carbocycles. The van der Waals surface area contributed by atoms with Crippen LogP contribution in [0.2, 0.25) is 5.02 Å². The van der Waals surface area contributed by atoms with Gasteiger partial charge in [0.2, 0.25) is 0 Å². The molecule has 1 saturated heterocycles. The zero-order valence-electron chi connectivity index (χ0n) is 13.0. The zero-order valence-corrected chi connectivity index (χ0v) is 13.7. The average molecular weight is 309 g/mol. The lowest BCUT2D eigenvalue weighted by Gasteiger charge is -2.30. The highest BCUT2D eigenvalue weighted by molar-refractivity contribution is 6.33. The molecule has 0 radical (unpaired) electrons. The first-order valence-corrected chi connectivity index (χ1v) is 8.28. The van der Waals surface area contributed by atoms with Gasteiger partial charge in [-0.25, -0.2) is 0 Å². The molecule has 1 atom stereocenters. The van der Waals surface area contributed by atoms with Crippen LogP contribution in [0.4, 0.5) is 0 Å². The van der Waals surface area contributed by atoms with Crippen LogP contribution in [0.5, 0.6) is 0 Å². The van der Waals surface area contributed by atoms with Crippen molar-refractivity contribution in [3.63, 3.8) is 0 Å². The lowest BCUT2D eigenvalue weighted by Crippen LogP contribution is -2.46. The minimum absolute atomic E-state index is 0.0502. The zero-order chi connectivity index (χ0) is 15.2. The van der Waals surface area contributed by atoms with E-state index in [4.69, 9.17) is 11.6 Å². The van der Waals surface area contributed by atoms with E-state index < -0.39 is 0 Å². The van der Waals surface area contributed by atoms with Crippen LogP contribution in [0.25, 0.3) is 0 Å². The highest BCUT2D eigenvalue weighted by atomic mass is 35.5. The Balaban J connectivity index is 2.10. The van der Waals surface area contributed by atoms with Crippen molar-refractivity contribution in [2.24, 2.45) is 0 Å². The van der Waals surface area contributed by atoms with Crippen LogP contribution >= 0.6 is 11.6 Å². The summed E-state index contributed by atoms with van der Waals surface area (Å²) in [6.07, 6.45) is 4.59. The smallest absolute Gasteiger partial charge is 0.255 e. The molecule has 0 saturated carbocycles. The molecule has 2 rings (SSSR count). The quantitative estimate of drug-likeness (QED) is 0.900. The maximum absolute atomic E-state index is 12.8. The minimum atomic E-state index is 0.0502. The van der Waals surface area contributed by atoms with E-state index in [-0.39, 0.29) is 5.91 Å². The Morgan fingerprint density at radius 3 is 2.86 bits per heavy atom. The van der Waals surface area contributed by atoms with Crippen molar-refractivity contribution < 1.29 is 4.79 Å². The summed E-state index contributed by atoms with van der Waals surface area (Å²) in [5, 5.41) is 4.06. The summed E-state index contributed by atoms with van der Waals surface area (Å²) in [6, 6.07) is 6.06. The van der Waals surface area contributed by atoms with Gasteiger partial charge in [0, 0.05) is 19.1 Å². The summed E-state index contributed by atoms with van der Waals surface area (Å²) in [4.78, 5) is 14.7. The third-order valence-corrected chi connectivity index (χ3v) is 4.30. The van der Waals surface area contributed by atoms with E-state index in [0.29, 0.717) is 16.6 Å². The number of amides is 1. The molecule has 0 bridgehead atoms. The molecule has 1 fully saturated rings. The monoisotopic (exact) mass is 308 g/mol. The lowest BCUT2D eigenvalue weighted by atomic mass is 10.0. The van der Waals surface area contributed by atoms with E-state index in [2.05, 4.69) is 12.2 Å². The van der Waals surface area contributed by atoms with Crippen LogP contribution in [0.15, 0.2) is 18.2 Å². The molecule has 21 heavy (non-hydrogen) atoms. The largest absolute Gasteiger partial charge is 0.337 e. The Morgan fingerprint density at radius 1 is 1.43 bits per heavy atom. The third kappa shape index (κ3) is 4.45. The van der Waals surface area contributed by atoms with Crippen molar-refractivity contribution >= 4 is 17.5 Å². The molecular weight excluding hydrogens is 284 g/mol. The number of hydrogen-bond acceptors (Lipinski definition) is 2. The van der Waals surface area contributed by atoms with Crippen LogP contribution in [0.3, 0.4) is 0 Å². The van der Waals surface area contributed by atoms with Crippen LogP contribution in [-0.2, 0) is 0 Å². The normalized spacial score (nSPS) is 18.5. The number of piperidine rings is 1. The Hall–Kier alpha value is -1.06. The fourth-order valence-electron chi connectivity index (χ4n) is 2.86. The number of halogens is 1. The summed E-state index contributed by atoms with van der Waals surface area (Å²) in [6.45, 7) is 6.70. The van der Waals surface area contributed by atoms with E-state index in [1.807, 2.05) is 30.0 Å². The SMILES string of the molecule is CCCN(CC1CCCCN1)C(=O)c1ccc(C)cc1Cl. The topological polar surface area (TPSA) is 32.3 Å². The number of aryl methyl sites for hydroxylation is 1. The van der Waals surface area contributed by atoms with Gasteiger partial charge < -0.3 is 10.2 Å². The van der Waals surface area contributed by atoms with Gasteiger partial charge in [-0.3, -0.25) is 4.79 Å². The van der Waals surface area contributed by atoms with Gasteiger partial charge in [0.25, 0.3) is 5.91 Å². The molecule has 0 aliphatic carbocycles. The number of carbonyl (C=O) groups excluding carboxylic acids is 1. The van der Waals surface area contributed by atoms with Gasteiger partial charge in [-0.2, -0.15) is 0 Å². The fourth-order valence-corrected chi connectivity index (χ4v) is 3.17. The second-order valence-corrected chi connectivity index (χ2v) is 6.29. The fraction of sp³-hybridized carbons (Fsp3) is 0.588. The van der Waals surface area contributed by atoms with E-state index >= 15 is 0 Å².